The SMILES string of the molecule is Cn1c(OCC(C)(C)O)nc(-c2cccc3c(C#N)c[nH]c23)c1S(N)(=O)=O. The summed E-state index contributed by atoms with van der Waals surface area (Å²) in [7, 11) is -2.67. The summed E-state index contributed by atoms with van der Waals surface area (Å²) in [5.41, 5.74) is 0.425. The minimum atomic E-state index is -4.13. The number of benzene rings is 1. The summed E-state index contributed by atoms with van der Waals surface area (Å²) in [4.78, 5) is 7.28. The first-order valence-electron chi connectivity index (χ1n) is 7.98. The van der Waals surface area contributed by atoms with Gasteiger partial charge in [-0.1, -0.05) is 18.2 Å². The topological polar surface area (TPSA) is 147 Å². The van der Waals surface area contributed by atoms with Gasteiger partial charge in [0.1, 0.15) is 18.4 Å². The van der Waals surface area contributed by atoms with Gasteiger partial charge in [-0.3, -0.25) is 4.57 Å². The minimum absolute atomic E-state index is 0.000200. The van der Waals surface area contributed by atoms with E-state index in [1.807, 2.05) is 0 Å². The van der Waals surface area contributed by atoms with Gasteiger partial charge in [0, 0.05) is 24.2 Å². The zero-order chi connectivity index (χ0) is 20.0. The van der Waals surface area contributed by atoms with E-state index in [0.717, 1.165) is 0 Å². The van der Waals surface area contributed by atoms with Crippen LogP contribution in [0.4, 0.5) is 0 Å². The number of sulfonamides is 1. The molecule has 0 saturated carbocycles. The molecule has 27 heavy (non-hydrogen) atoms. The van der Waals surface area contributed by atoms with E-state index < -0.39 is 15.6 Å². The quantitative estimate of drug-likeness (QED) is 0.598. The van der Waals surface area contributed by atoms with Gasteiger partial charge in [-0.05, 0) is 13.8 Å². The summed E-state index contributed by atoms with van der Waals surface area (Å²) < 4.78 is 31.1. The van der Waals surface area contributed by atoms with Crippen LogP contribution in [-0.4, -0.2) is 40.3 Å². The number of aromatic amines is 1. The zero-order valence-electron chi connectivity index (χ0n) is 15.0. The van der Waals surface area contributed by atoms with Crippen molar-refractivity contribution in [2.75, 3.05) is 6.61 Å². The van der Waals surface area contributed by atoms with Gasteiger partial charge < -0.3 is 14.8 Å². The predicted octanol–water partition coefficient (Wildman–Crippen LogP) is 1.24. The number of aromatic nitrogens is 3. The molecular weight excluding hydrogens is 370 g/mol. The van der Waals surface area contributed by atoms with Crippen LogP contribution < -0.4 is 9.88 Å². The first-order chi connectivity index (χ1) is 12.5. The zero-order valence-corrected chi connectivity index (χ0v) is 15.8. The Balaban J connectivity index is 2.24. The van der Waals surface area contributed by atoms with Gasteiger partial charge in [0.15, 0.2) is 5.03 Å². The Morgan fingerprint density at radius 3 is 2.74 bits per heavy atom. The minimum Gasteiger partial charge on any atom is -0.462 e. The maximum atomic E-state index is 12.2. The fraction of sp³-hybridized carbons (Fsp3) is 0.294. The van der Waals surface area contributed by atoms with Gasteiger partial charge in [-0.25, -0.2) is 13.6 Å². The number of hydrogen-bond acceptors (Lipinski definition) is 6. The summed E-state index contributed by atoms with van der Waals surface area (Å²) in [5, 5.41) is 24.9. The molecule has 0 radical (unpaired) electrons. The number of nitriles is 1. The second-order valence-electron chi connectivity index (χ2n) is 6.80. The van der Waals surface area contributed by atoms with Gasteiger partial charge in [-0.2, -0.15) is 10.2 Å². The number of aliphatic hydroxyl groups is 1. The number of H-pyrrole nitrogens is 1. The number of primary sulfonamides is 1. The van der Waals surface area contributed by atoms with Crippen LogP contribution in [0.25, 0.3) is 22.2 Å². The van der Waals surface area contributed by atoms with E-state index in [4.69, 9.17) is 9.88 Å². The number of rotatable bonds is 5. The molecule has 142 valence electrons. The molecule has 0 aliphatic carbocycles. The highest BCUT2D eigenvalue weighted by Crippen LogP contribution is 2.34. The third kappa shape index (κ3) is 3.52. The number of para-hydroxylation sites is 1. The summed E-state index contributed by atoms with van der Waals surface area (Å²) in [6.07, 6.45) is 1.54. The lowest BCUT2D eigenvalue weighted by Gasteiger charge is -2.17. The average Bonchev–Trinajstić information content (AvgIpc) is 3.12. The van der Waals surface area contributed by atoms with Crippen LogP contribution >= 0.6 is 0 Å². The van der Waals surface area contributed by atoms with Crippen molar-refractivity contribution in [1.29, 1.82) is 5.26 Å². The standard InChI is InChI=1S/C17H19N5O4S/c1-17(2,23)9-26-16-21-14(15(22(16)3)27(19,24)25)12-6-4-5-11-10(7-18)8-20-13(11)12/h4-6,8,20,23H,9H2,1-3H3,(H2,19,24,25). The van der Waals surface area contributed by atoms with Crippen molar-refractivity contribution in [2.45, 2.75) is 24.5 Å². The van der Waals surface area contributed by atoms with Crippen LogP contribution in [-0.2, 0) is 17.1 Å². The Bertz CT molecular complexity index is 1160. The van der Waals surface area contributed by atoms with Crippen molar-refractivity contribution in [1.82, 2.24) is 14.5 Å². The summed E-state index contributed by atoms with van der Waals surface area (Å²) in [5.74, 6) is 0. The highest BCUT2D eigenvalue weighted by Gasteiger charge is 2.28. The molecule has 0 unspecified atom stereocenters. The highest BCUT2D eigenvalue weighted by atomic mass is 32.2. The molecule has 9 nitrogen and oxygen atoms in total. The van der Waals surface area contributed by atoms with Crippen molar-refractivity contribution < 1.29 is 18.3 Å². The number of fused-ring (bicyclic) bond motifs is 1. The average molecular weight is 389 g/mol. The summed E-state index contributed by atoms with van der Waals surface area (Å²) >= 11 is 0. The van der Waals surface area contributed by atoms with Gasteiger partial charge in [0.2, 0.25) is 0 Å². The lowest BCUT2D eigenvalue weighted by Crippen LogP contribution is -2.28. The van der Waals surface area contributed by atoms with Crippen molar-refractivity contribution in [3.63, 3.8) is 0 Å². The lowest BCUT2D eigenvalue weighted by molar-refractivity contribution is 0.0238. The molecule has 0 atom stereocenters. The molecule has 0 fully saturated rings. The van der Waals surface area contributed by atoms with Crippen molar-refractivity contribution in [2.24, 2.45) is 12.2 Å². The van der Waals surface area contributed by atoms with Crippen molar-refractivity contribution in [3.8, 4) is 23.3 Å². The Hall–Kier alpha value is -2.87. The Morgan fingerprint density at radius 1 is 1.44 bits per heavy atom. The molecule has 0 aliphatic rings. The fourth-order valence-electron chi connectivity index (χ4n) is 2.78. The number of nitrogens with zero attached hydrogens (tertiary/aromatic N) is 3. The van der Waals surface area contributed by atoms with Gasteiger partial charge in [0.05, 0.1) is 16.7 Å². The highest BCUT2D eigenvalue weighted by molar-refractivity contribution is 7.89. The van der Waals surface area contributed by atoms with Crippen LogP contribution in [0.2, 0.25) is 0 Å². The molecule has 2 aromatic heterocycles. The monoisotopic (exact) mass is 389 g/mol. The smallest absolute Gasteiger partial charge is 0.297 e. The number of hydrogen-bond donors (Lipinski definition) is 3. The van der Waals surface area contributed by atoms with E-state index in [2.05, 4.69) is 16.0 Å². The molecule has 3 aromatic rings. The van der Waals surface area contributed by atoms with E-state index >= 15 is 0 Å². The first kappa shape index (κ1) is 18.9. The molecule has 3 rings (SSSR count). The molecule has 4 N–H and O–H groups in total. The fourth-order valence-corrected chi connectivity index (χ4v) is 3.66. The Kier molecular flexibility index (Phi) is 4.47. The van der Waals surface area contributed by atoms with Crippen LogP contribution in [0.1, 0.15) is 19.4 Å². The second kappa shape index (κ2) is 6.38. The van der Waals surface area contributed by atoms with Gasteiger partial charge in [-0.15, -0.1) is 0 Å². The number of nitrogens with one attached hydrogen (secondary N) is 1. The molecule has 0 bridgehead atoms. The van der Waals surface area contributed by atoms with Crippen molar-refractivity contribution >= 4 is 20.9 Å². The van der Waals surface area contributed by atoms with Gasteiger partial charge >= 0.3 is 0 Å². The number of imidazole rings is 1. The second-order valence-corrected chi connectivity index (χ2v) is 8.27. The van der Waals surface area contributed by atoms with Crippen LogP contribution in [0.15, 0.2) is 29.4 Å². The largest absolute Gasteiger partial charge is 0.462 e. The molecular formula is C17H19N5O4S. The third-order valence-electron chi connectivity index (χ3n) is 3.92. The van der Waals surface area contributed by atoms with Crippen LogP contribution in [0.3, 0.4) is 0 Å². The maximum Gasteiger partial charge on any atom is 0.297 e. The normalized spacial score (nSPS) is 12.3. The molecule has 0 aliphatic heterocycles. The summed E-state index contributed by atoms with van der Waals surface area (Å²) in [6.45, 7) is 3.02. The molecule has 10 heteroatoms. The first-order valence-corrected chi connectivity index (χ1v) is 9.53. The number of nitrogens with two attached hydrogens (primary N) is 1. The van der Waals surface area contributed by atoms with Crippen molar-refractivity contribution in [3.05, 3.63) is 30.0 Å². The van der Waals surface area contributed by atoms with E-state index in [-0.39, 0.29) is 23.3 Å². The number of ether oxygens (including phenoxy) is 1. The Labute approximate surface area is 156 Å². The molecule has 0 saturated heterocycles. The van der Waals surface area contributed by atoms with E-state index in [1.165, 1.54) is 11.6 Å². The molecule has 2 heterocycles. The van der Waals surface area contributed by atoms with E-state index in [1.54, 1.807) is 38.2 Å². The maximum absolute atomic E-state index is 12.2. The molecule has 0 spiro atoms. The lowest BCUT2D eigenvalue weighted by atomic mass is 10.1. The third-order valence-corrected chi connectivity index (χ3v) is 4.92. The Morgan fingerprint density at radius 2 is 2.15 bits per heavy atom. The predicted molar refractivity (Wildman–Crippen MR) is 98.4 cm³/mol. The van der Waals surface area contributed by atoms with E-state index in [0.29, 0.717) is 22.0 Å². The molecule has 1 aromatic carbocycles. The van der Waals surface area contributed by atoms with Crippen LogP contribution in [0, 0.1) is 11.3 Å². The van der Waals surface area contributed by atoms with Gasteiger partial charge in [0.25, 0.3) is 16.0 Å². The van der Waals surface area contributed by atoms with Crippen LogP contribution in [0.5, 0.6) is 6.01 Å². The summed E-state index contributed by atoms with van der Waals surface area (Å²) in [6, 6.07) is 7.20. The molecule has 0 amide bonds. The van der Waals surface area contributed by atoms with E-state index in [9.17, 15) is 18.8 Å².